The van der Waals surface area contributed by atoms with Gasteiger partial charge in [-0.15, -0.1) is 0 Å². The molecule has 80 valence electrons. The minimum absolute atomic E-state index is 0.0730. The van der Waals surface area contributed by atoms with E-state index >= 15 is 0 Å². The smallest absolute Gasteiger partial charge is 0.0690 e. The number of hydrogen-bond donors (Lipinski definition) is 0. The van der Waals surface area contributed by atoms with Gasteiger partial charge in [-0.3, -0.25) is 0 Å². The van der Waals surface area contributed by atoms with Crippen molar-refractivity contribution >= 4 is 0 Å². The van der Waals surface area contributed by atoms with Crippen LogP contribution in [-0.2, 0) is 4.74 Å². The predicted octanol–water partition coefficient (Wildman–Crippen LogP) is 3.28. The zero-order valence-electron chi connectivity index (χ0n) is 9.22. The summed E-state index contributed by atoms with van der Waals surface area (Å²) < 4.78 is 5.09. The molecule has 1 aliphatic rings. The van der Waals surface area contributed by atoms with E-state index in [1.807, 2.05) is 0 Å². The minimum Gasteiger partial charge on any atom is -0.385 e. The first-order valence-corrected chi connectivity index (χ1v) is 5.73. The van der Waals surface area contributed by atoms with Crippen molar-refractivity contribution < 1.29 is 4.74 Å². The average Bonchev–Trinajstić information content (AvgIpc) is 2.18. The summed E-state index contributed by atoms with van der Waals surface area (Å²) in [5.41, 5.74) is -0.0730. The highest BCUT2D eigenvalue weighted by Gasteiger charge is 2.29. The second-order valence-electron chi connectivity index (χ2n) is 4.40. The molecule has 0 aromatic carbocycles. The summed E-state index contributed by atoms with van der Waals surface area (Å²) in [7, 11) is 1.72. The Morgan fingerprint density at radius 2 is 1.71 bits per heavy atom. The van der Waals surface area contributed by atoms with E-state index in [9.17, 15) is 5.26 Å². The molecule has 2 nitrogen and oxygen atoms in total. The first kappa shape index (κ1) is 11.5. The zero-order valence-corrected chi connectivity index (χ0v) is 9.22. The number of ether oxygens (including phenoxy) is 1. The third kappa shape index (κ3) is 3.31. The van der Waals surface area contributed by atoms with Crippen LogP contribution in [0.25, 0.3) is 0 Å². The Morgan fingerprint density at radius 1 is 1.14 bits per heavy atom. The number of rotatable bonds is 3. The van der Waals surface area contributed by atoms with Gasteiger partial charge in [-0.2, -0.15) is 5.26 Å². The Balaban J connectivity index is 2.50. The van der Waals surface area contributed by atoms with Crippen LogP contribution in [-0.4, -0.2) is 13.7 Å². The van der Waals surface area contributed by atoms with Gasteiger partial charge in [0, 0.05) is 13.7 Å². The van der Waals surface area contributed by atoms with Crippen molar-refractivity contribution in [3.05, 3.63) is 0 Å². The van der Waals surface area contributed by atoms with E-state index in [4.69, 9.17) is 4.74 Å². The highest BCUT2D eigenvalue weighted by atomic mass is 16.5. The standard InChI is InChI=1S/C12H21NO/c1-14-10-9-12(11-13)7-5-3-2-4-6-8-12/h2-10H2,1H3. The van der Waals surface area contributed by atoms with E-state index in [-0.39, 0.29) is 5.41 Å². The van der Waals surface area contributed by atoms with Crippen LogP contribution in [0.4, 0.5) is 0 Å². The van der Waals surface area contributed by atoms with Crippen LogP contribution in [0.5, 0.6) is 0 Å². The molecular weight excluding hydrogens is 174 g/mol. The Morgan fingerprint density at radius 3 is 2.21 bits per heavy atom. The zero-order chi connectivity index (χ0) is 10.3. The van der Waals surface area contributed by atoms with Gasteiger partial charge in [-0.1, -0.05) is 32.1 Å². The highest BCUT2D eigenvalue weighted by Crippen LogP contribution is 2.36. The first-order valence-electron chi connectivity index (χ1n) is 5.73. The molecule has 1 fully saturated rings. The van der Waals surface area contributed by atoms with Gasteiger partial charge in [0.15, 0.2) is 0 Å². The van der Waals surface area contributed by atoms with Crippen LogP contribution >= 0.6 is 0 Å². The van der Waals surface area contributed by atoms with Crippen molar-refractivity contribution in [3.63, 3.8) is 0 Å². The van der Waals surface area contributed by atoms with E-state index in [2.05, 4.69) is 6.07 Å². The van der Waals surface area contributed by atoms with Gasteiger partial charge >= 0.3 is 0 Å². The number of nitriles is 1. The fourth-order valence-electron chi connectivity index (χ4n) is 2.30. The van der Waals surface area contributed by atoms with Gasteiger partial charge in [-0.25, -0.2) is 0 Å². The Kier molecular flexibility index (Phi) is 4.97. The molecule has 0 aromatic rings. The molecule has 0 spiro atoms. The molecule has 1 rings (SSSR count). The molecular formula is C12H21NO. The molecule has 14 heavy (non-hydrogen) atoms. The average molecular weight is 195 g/mol. The summed E-state index contributed by atoms with van der Waals surface area (Å²) in [5, 5.41) is 9.28. The van der Waals surface area contributed by atoms with E-state index in [1.54, 1.807) is 7.11 Å². The summed E-state index contributed by atoms with van der Waals surface area (Å²) in [6.45, 7) is 0.730. The molecule has 0 unspecified atom stereocenters. The van der Waals surface area contributed by atoms with E-state index in [0.717, 1.165) is 25.9 Å². The van der Waals surface area contributed by atoms with Crippen LogP contribution < -0.4 is 0 Å². The quantitative estimate of drug-likeness (QED) is 0.692. The van der Waals surface area contributed by atoms with Crippen molar-refractivity contribution in [1.82, 2.24) is 0 Å². The van der Waals surface area contributed by atoms with Crippen LogP contribution in [0.1, 0.15) is 51.4 Å². The van der Waals surface area contributed by atoms with Crippen molar-refractivity contribution in [3.8, 4) is 6.07 Å². The number of hydrogen-bond acceptors (Lipinski definition) is 2. The van der Waals surface area contributed by atoms with E-state index < -0.39 is 0 Å². The molecule has 0 atom stereocenters. The lowest BCUT2D eigenvalue weighted by atomic mass is 9.75. The van der Waals surface area contributed by atoms with E-state index in [1.165, 1.54) is 32.1 Å². The molecule has 0 aromatic heterocycles. The summed E-state index contributed by atoms with van der Waals surface area (Å²) in [6.07, 6.45) is 9.47. The van der Waals surface area contributed by atoms with Crippen molar-refractivity contribution in [2.75, 3.05) is 13.7 Å². The Labute approximate surface area is 87.3 Å². The van der Waals surface area contributed by atoms with Crippen LogP contribution in [0, 0.1) is 16.7 Å². The molecule has 1 saturated carbocycles. The highest BCUT2D eigenvalue weighted by molar-refractivity contribution is 4.99. The van der Waals surface area contributed by atoms with Gasteiger partial charge in [0.25, 0.3) is 0 Å². The van der Waals surface area contributed by atoms with Gasteiger partial charge in [-0.05, 0) is 19.3 Å². The third-order valence-corrected chi connectivity index (χ3v) is 3.33. The molecule has 0 saturated heterocycles. The van der Waals surface area contributed by atoms with Gasteiger partial charge in [0.1, 0.15) is 0 Å². The topological polar surface area (TPSA) is 33.0 Å². The van der Waals surface area contributed by atoms with E-state index in [0.29, 0.717) is 0 Å². The second kappa shape index (κ2) is 6.03. The van der Waals surface area contributed by atoms with Crippen molar-refractivity contribution in [2.24, 2.45) is 5.41 Å². The van der Waals surface area contributed by atoms with Gasteiger partial charge < -0.3 is 4.74 Å². The fourth-order valence-corrected chi connectivity index (χ4v) is 2.30. The maximum atomic E-state index is 9.28. The van der Waals surface area contributed by atoms with Crippen LogP contribution in [0.2, 0.25) is 0 Å². The monoisotopic (exact) mass is 195 g/mol. The number of nitrogens with zero attached hydrogens (tertiary/aromatic N) is 1. The SMILES string of the molecule is COCCC1(C#N)CCCCCCC1. The van der Waals surface area contributed by atoms with Crippen LogP contribution in [0.3, 0.4) is 0 Å². The molecule has 2 heteroatoms. The van der Waals surface area contributed by atoms with Crippen molar-refractivity contribution in [1.29, 1.82) is 5.26 Å². The summed E-state index contributed by atoms with van der Waals surface area (Å²) >= 11 is 0. The largest absolute Gasteiger partial charge is 0.385 e. The number of methoxy groups -OCH3 is 1. The predicted molar refractivity (Wildman–Crippen MR) is 56.9 cm³/mol. The first-order chi connectivity index (χ1) is 6.83. The van der Waals surface area contributed by atoms with Crippen molar-refractivity contribution in [2.45, 2.75) is 51.4 Å². The van der Waals surface area contributed by atoms with Gasteiger partial charge in [0.2, 0.25) is 0 Å². The fraction of sp³-hybridized carbons (Fsp3) is 0.917. The summed E-state index contributed by atoms with van der Waals surface area (Å²) in [6, 6.07) is 2.54. The summed E-state index contributed by atoms with van der Waals surface area (Å²) in [5.74, 6) is 0. The minimum atomic E-state index is -0.0730. The molecule has 0 bridgehead atoms. The molecule has 0 N–H and O–H groups in total. The molecule has 0 radical (unpaired) electrons. The third-order valence-electron chi connectivity index (χ3n) is 3.33. The lowest BCUT2D eigenvalue weighted by Gasteiger charge is -2.28. The molecule has 0 amide bonds. The molecule has 0 heterocycles. The molecule has 1 aliphatic carbocycles. The summed E-state index contributed by atoms with van der Waals surface area (Å²) in [4.78, 5) is 0. The van der Waals surface area contributed by atoms with Crippen LogP contribution in [0.15, 0.2) is 0 Å². The lowest BCUT2D eigenvalue weighted by molar-refractivity contribution is 0.144. The molecule has 0 aliphatic heterocycles. The normalized spacial score (nSPS) is 22.0. The maximum absolute atomic E-state index is 9.28. The maximum Gasteiger partial charge on any atom is 0.0690 e. The Bertz CT molecular complexity index is 181. The lowest BCUT2D eigenvalue weighted by Crippen LogP contribution is -2.22. The Hall–Kier alpha value is -0.550. The van der Waals surface area contributed by atoms with Gasteiger partial charge in [0.05, 0.1) is 11.5 Å². The second-order valence-corrected chi connectivity index (χ2v) is 4.40.